The summed E-state index contributed by atoms with van der Waals surface area (Å²) in [4.78, 5) is 0. The molecule has 18 rings (SSSR count). The lowest BCUT2D eigenvalue weighted by Crippen LogP contribution is -2.36. The molecule has 0 spiro atoms. The molecule has 5 aromatic heterocycles. The van der Waals surface area contributed by atoms with Crippen LogP contribution in [0.15, 0.2) is 303 Å². The quantitative estimate of drug-likeness (QED) is 0.103. The van der Waals surface area contributed by atoms with Crippen LogP contribution in [0.4, 0.5) is 0 Å². The molecule has 2 aliphatic carbocycles. The van der Waals surface area contributed by atoms with Gasteiger partial charge in [0.25, 0.3) is 29.1 Å². The Morgan fingerprint density at radius 2 is 0.445 bits per heavy atom. The van der Waals surface area contributed by atoms with Crippen LogP contribution < -0.4 is 22.8 Å². The second-order valence-electron chi connectivity index (χ2n) is 31.5. The van der Waals surface area contributed by atoms with Gasteiger partial charge in [-0.2, -0.15) is 45.7 Å². The van der Waals surface area contributed by atoms with Gasteiger partial charge in [-0.05, 0) is 179 Å². The number of hydrogen-bond donors (Lipinski definition) is 0. The lowest BCUT2D eigenvalue weighted by molar-refractivity contribution is -0.609. The number of aryl methyl sites for hydroxylation is 5. The molecule has 10 nitrogen and oxygen atoms in total. The number of benzene rings is 11. The zero-order valence-electron chi connectivity index (χ0n) is 85.9. The van der Waals surface area contributed by atoms with Crippen LogP contribution in [-0.2, 0) is 0 Å². The first-order valence-corrected chi connectivity index (χ1v) is 41.8. The standard InChI is InChI=1S/C24H29N2.C24H23N2.C23H27N2.2C19H21N2/c2*1-18-12-10-11-17-23(18)25-19(2)24(21-13-6-4-7-14-21)26(20(25)3)22-15-8-5-9-16-22;1-17-11-7-10-16-22(17)24-18(2)23(20-12-8-9-13-20)25(19(24)3)21-14-5-4-6-15-21;2*1-14-10-8-9-13-19(14)21-16(3)15(2)20(17(21)4)18-11-6-5-7-12-18/h5,8-12,15-17,21H,4,6-7,13-14H2,1-3H3;4-17H,1-3H3;4-7,10-11,14-16,20H,8-9,12-13H2,1-3H3;2*5-13H,1-4H3/q5*+1/i3*3D3;2*4D3. The van der Waals surface area contributed by atoms with Crippen LogP contribution in [0.1, 0.15) is 198 Å². The maximum atomic E-state index is 8.44. The minimum absolute atomic E-state index is 0.273. The van der Waals surface area contributed by atoms with Crippen molar-refractivity contribution in [1.82, 2.24) is 22.8 Å². The van der Waals surface area contributed by atoms with Crippen LogP contribution in [0.5, 0.6) is 0 Å². The Balaban J connectivity index is 0.000000135. The van der Waals surface area contributed by atoms with Gasteiger partial charge in [0.1, 0.15) is 91.0 Å². The Labute approximate surface area is 729 Å². The van der Waals surface area contributed by atoms with Crippen LogP contribution in [-0.4, -0.2) is 22.8 Å². The molecule has 119 heavy (non-hydrogen) atoms. The SMILES string of the molecule is [2H]C([2H])([2H])c1n(-c2ccccc2)c(-c2ccccc2)c(C)[n+]1-c1ccccc1C.[2H]C([2H])([2H])c1n(-c2ccccc2)c(C)c(C)[n+]1-c1ccccc1C.[2H]C([2H])([2H])c1n(-c2ccccc2)c(C)c(C)[n+]1-c1ccccc1C.[2H]C([2H])([2H])c1n(-c2ccccc2)c(C2CCCC2)c(C)[n+]1-c1ccccc1C.[2H]C([2H])([2H])c1n(-c2ccccc2)c(C2CCCCC2)c(C)[n+]1-c1ccccc1C. The van der Waals surface area contributed by atoms with E-state index in [1.807, 2.05) is 418 Å². The predicted octanol–water partition coefficient (Wildman–Crippen LogP) is 24.4. The van der Waals surface area contributed by atoms with Gasteiger partial charge in [-0.25, -0.2) is 0 Å². The van der Waals surface area contributed by atoms with Crippen molar-refractivity contribution >= 4 is 0 Å². The largest absolute Gasteiger partial charge is 0.264 e. The van der Waals surface area contributed by atoms with Gasteiger partial charge in [-0.3, -0.25) is 0 Å². The summed E-state index contributed by atoms with van der Waals surface area (Å²) in [6.07, 6.45) is 10.6. The molecular formula is C109H121N10+5. The lowest BCUT2D eigenvalue weighted by Gasteiger charge is -2.20. The van der Waals surface area contributed by atoms with E-state index >= 15 is 0 Å². The number of aromatic nitrogens is 10. The van der Waals surface area contributed by atoms with Gasteiger partial charge in [0.05, 0.1) is 0 Å². The Morgan fingerprint density at radius 1 is 0.227 bits per heavy atom. The summed E-state index contributed by atoms with van der Waals surface area (Å²) < 4.78 is 144. The summed E-state index contributed by atoms with van der Waals surface area (Å²) >= 11 is 0. The first kappa shape index (κ1) is 65.5. The van der Waals surface area contributed by atoms with Crippen molar-refractivity contribution in [3.63, 3.8) is 0 Å². The van der Waals surface area contributed by atoms with Crippen LogP contribution >= 0.6 is 0 Å². The number of imidazole rings is 5. The van der Waals surface area contributed by atoms with Crippen LogP contribution in [0.3, 0.4) is 0 Å². The van der Waals surface area contributed by atoms with Crippen molar-refractivity contribution in [2.24, 2.45) is 0 Å². The lowest BCUT2D eigenvalue weighted by atomic mass is 9.86. The average molecular weight is 1590 g/mol. The highest BCUT2D eigenvalue weighted by molar-refractivity contribution is 5.65. The number of nitrogens with zero attached hydrogens (tertiary/aromatic N) is 10. The van der Waals surface area contributed by atoms with Crippen LogP contribution in [0.25, 0.3) is 68.1 Å². The third-order valence-corrected chi connectivity index (χ3v) is 23.9. The van der Waals surface area contributed by atoms with Crippen LogP contribution in [0, 0.1) is 117 Å². The van der Waals surface area contributed by atoms with Gasteiger partial charge in [-0.15, -0.1) is 0 Å². The molecule has 0 N–H and O–H groups in total. The normalized spacial score (nSPS) is 15.1. The predicted molar refractivity (Wildman–Crippen MR) is 490 cm³/mol. The fourth-order valence-corrected chi connectivity index (χ4v) is 17.7. The van der Waals surface area contributed by atoms with Gasteiger partial charge in [0, 0.05) is 121 Å². The van der Waals surface area contributed by atoms with E-state index in [0.29, 0.717) is 35.1 Å². The summed E-state index contributed by atoms with van der Waals surface area (Å²) in [7, 11) is 0. The third kappa shape index (κ3) is 17.0. The monoisotopic (exact) mass is 1590 g/mol. The zero-order valence-corrected chi connectivity index (χ0v) is 70.9. The zero-order chi connectivity index (χ0) is 96.0. The first-order valence-electron chi connectivity index (χ1n) is 49.3. The number of rotatable bonds is 13. The van der Waals surface area contributed by atoms with Gasteiger partial charge < -0.3 is 0 Å². The summed E-state index contributed by atoms with van der Waals surface area (Å²) in [5.41, 5.74) is 25.1. The van der Waals surface area contributed by atoms with E-state index in [-0.39, 0.29) is 5.82 Å². The highest BCUT2D eigenvalue weighted by Crippen LogP contribution is 2.40. The number of hydrogen-bond acceptors (Lipinski definition) is 0. The van der Waals surface area contributed by atoms with Crippen molar-refractivity contribution in [3.8, 4) is 68.1 Å². The molecule has 0 radical (unpaired) electrons. The topological polar surface area (TPSA) is 44.0 Å². The molecule has 0 bridgehead atoms. The molecule has 0 saturated heterocycles. The molecule has 5 heterocycles. The molecule has 2 aliphatic rings. The van der Waals surface area contributed by atoms with E-state index < -0.39 is 34.3 Å². The van der Waals surface area contributed by atoms with Gasteiger partial charge in [-0.1, -0.05) is 244 Å². The van der Waals surface area contributed by atoms with E-state index in [0.717, 1.165) is 173 Å². The van der Waals surface area contributed by atoms with Crippen molar-refractivity contribution in [2.75, 3.05) is 0 Å². The fraction of sp³-hybridized carbons (Fsp3) is 0.257. The van der Waals surface area contributed by atoms with Crippen molar-refractivity contribution in [2.45, 2.75) is 187 Å². The smallest absolute Gasteiger partial charge is 0.197 e. The van der Waals surface area contributed by atoms with Crippen LogP contribution in [0.2, 0.25) is 0 Å². The molecule has 2 fully saturated rings. The highest BCUT2D eigenvalue weighted by atomic mass is 15.2. The maximum absolute atomic E-state index is 8.44. The maximum Gasteiger partial charge on any atom is 0.264 e. The molecule has 10 heteroatoms. The molecule has 0 atom stereocenters. The Hall–Kier alpha value is -12.5. The third-order valence-electron chi connectivity index (χ3n) is 23.9. The molecule has 0 amide bonds. The van der Waals surface area contributed by atoms with E-state index in [1.54, 1.807) is 0 Å². The summed E-state index contributed by atoms with van der Waals surface area (Å²) in [6.45, 7) is 12.9. The molecule has 16 aromatic rings. The second-order valence-corrected chi connectivity index (χ2v) is 31.5. The van der Waals surface area contributed by atoms with Gasteiger partial charge in [0.15, 0.2) is 22.8 Å². The Kier molecular flexibility index (Phi) is 20.6. The Bertz CT molecular complexity index is 6610. The molecule has 0 unspecified atom stereocenters. The molecule has 2 saturated carbocycles. The highest BCUT2D eigenvalue weighted by Gasteiger charge is 2.38. The van der Waals surface area contributed by atoms with Gasteiger partial charge in [0.2, 0.25) is 0 Å². The van der Waals surface area contributed by atoms with Crippen molar-refractivity contribution < 1.29 is 43.4 Å². The molecule has 11 aromatic carbocycles. The summed E-state index contributed by atoms with van der Waals surface area (Å²) in [5, 5.41) is 0. The first-order chi connectivity index (χ1) is 63.8. The average Bonchev–Trinajstić information content (AvgIpc) is 1.57. The van der Waals surface area contributed by atoms with E-state index in [9.17, 15) is 0 Å². The summed E-state index contributed by atoms with van der Waals surface area (Å²) in [6, 6.07) is 98.6. The fourth-order valence-electron chi connectivity index (χ4n) is 17.7. The van der Waals surface area contributed by atoms with Crippen molar-refractivity contribution in [3.05, 3.63) is 412 Å². The molecule has 602 valence electrons. The summed E-state index contributed by atoms with van der Waals surface area (Å²) in [5.74, 6) is 2.40. The molecular weight excluding hydrogens is 1450 g/mol. The van der Waals surface area contributed by atoms with Gasteiger partial charge >= 0.3 is 0 Å². The van der Waals surface area contributed by atoms with E-state index in [1.165, 1.54) is 32.1 Å². The van der Waals surface area contributed by atoms with E-state index in [4.69, 9.17) is 20.6 Å². The Morgan fingerprint density at radius 3 is 0.731 bits per heavy atom. The minimum Gasteiger partial charge on any atom is -0.197 e. The molecule has 0 aliphatic heterocycles. The van der Waals surface area contributed by atoms with E-state index in [2.05, 4.69) is 13.8 Å². The minimum atomic E-state index is -2.31. The van der Waals surface area contributed by atoms with Crippen molar-refractivity contribution in [1.29, 1.82) is 0 Å². The number of para-hydroxylation sites is 10. The second kappa shape index (κ2) is 37.4.